The molecule has 8 heteroatoms. The second-order valence-electron chi connectivity index (χ2n) is 2.91. The summed E-state index contributed by atoms with van der Waals surface area (Å²) in [4.78, 5) is 10.8. The zero-order chi connectivity index (χ0) is 10.8. The Labute approximate surface area is 87.5 Å². The molecular weight excluding hydrogens is 226 g/mol. The van der Waals surface area contributed by atoms with E-state index in [9.17, 15) is 13.2 Å². The monoisotopic (exact) mass is 237 g/mol. The first-order chi connectivity index (χ1) is 6.42. The lowest BCUT2D eigenvalue weighted by Gasteiger charge is -2.25. The van der Waals surface area contributed by atoms with E-state index in [-0.39, 0.29) is 29.7 Å². The molecule has 14 heavy (non-hydrogen) atoms. The molecule has 0 aromatic carbocycles. The molecule has 1 amide bonds. The number of carbonyl (C=O) groups excluding carboxylic acids is 1. The lowest BCUT2D eigenvalue weighted by atomic mass is 10.4. The first-order valence-corrected chi connectivity index (χ1v) is 5.96. The number of thiocarbonyl (C=S) groups is 1. The zero-order valence-electron chi connectivity index (χ0n) is 7.39. The fourth-order valence-corrected chi connectivity index (χ4v) is 2.80. The van der Waals surface area contributed by atoms with Gasteiger partial charge < -0.3 is 11.1 Å². The standard InChI is InChI=1S/C6H11N3O3S2/c7-5(13)4-14(11,12)9-2-1-8-6(10)3-9/h1-4H2,(H2,7,13)(H,8,10). The van der Waals surface area contributed by atoms with Crippen molar-refractivity contribution in [1.29, 1.82) is 0 Å². The van der Waals surface area contributed by atoms with Crippen LogP contribution in [0.2, 0.25) is 0 Å². The molecule has 6 nitrogen and oxygen atoms in total. The third-order valence-electron chi connectivity index (χ3n) is 1.72. The highest BCUT2D eigenvalue weighted by molar-refractivity contribution is 7.92. The fourth-order valence-electron chi connectivity index (χ4n) is 1.12. The molecule has 0 bridgehead atoms. The third-order valence-corrected chi connectivity index (χ3v) is 3.82. The molecule has 0 aromatic rings. The molecule has 0 atom stereocenters. The van der Waals surface area contributed by atoms with Crippen molar-refractivity contribution in [3.63, 3.8) is 0 Å². The quantitative estimate of drug-likeness (QED) is 0.556. The molecule has 0 unspecified atom stereocenters. The van der Waals surface area contributed by atoms with E-state index in [1.54, 1.807) is 0 Å². The molecule has 0 spiro atoms. The molecule has 1 rings (SSSR count). The van der Waals surface area contributed by atoms with Crippen LogP contribution in [0, 0.1) is 0 Å². The minimum absolute atomic E-state index is 0.0871. The summed E-state index contributed by atoms with van der Waals surface area (Å²) >= 11 is 4.51. The smallest absolute Gasteiger partial charge is 0.235 e. The normalized spacial score (nSPS) is 19.0. The second kappa shape index (κ2) is 4.20. The van der Waals surface area contributed by atoms with Crippen molar-refractivity contribution in [2.45, 2.75) is 0 Å². The van der Waals surface area contributed by atoms with E-state index in [1.807, 2.05) is 0 Å². The van der Waals surface area contributed by atoms with Gasteiger partial charge in [-0.05, 0) is 0 Å². The fraction of sp³-hybridized carbons (Fsp3) is 0.667. The molecule has 3 N–H and O–H groups in total. The van der Waals surface area contributed by atoms with E-state index in [2.05, 4.69) is 17.5 Å². The lowest BCUT2D eigenvalue weighted by Crippen LogP contribution is -2.51. The number of nitrogens with one attached hydrogen (secondary N) is 1. The van der Waals surface area contributed by atoms with Gasteiger partial charge in [0, 0.05) is 13.1 Å². The highest BCUT2D eigenvalue weighted by Gasteiger charge is 2.27. The number of rotatable bonds is 3. The van der Waals surface area contributed by atoms with Crippen molar-refractivity contribution in [2.24, 2.45) is 5.73 Å². The van der Waals surface area contributed by atoms with E-state index in [4.69, 9.17) is 5.73 Å². The number of amides is 1. The number of nitrogens with zero attached hydrogens (tertiary/aromatic N) is 1. The van der Waals surface area contributed by atoms with Gasteiger partial charge in [0.1, 0.15) is 5.75 Å². The van der Waals surface area contributed by atoms with Gasteiger partial charge in [0.15, 0.2) is 0 Å². The van der Waals surface area contributed by atoms with Crippen molar-refractivity contribution >= 4 is 33.1 Å². The number of hydrogen-bond donors (Lipinski definition) is 2. The molecule has 1 aliphatic rings. The van der Waals surface area contributed by atoms with Crippen LogP contribution in [0.4, 0.5) is 0 Å². The maximum absolute atomic E-state index is 11.5. The predicted octanol–water partition coefficient (Wildman–Crippen LogP) is -1.97. The largest absolute Gasteiger partial charge is 0.392 e. The summed E-state index contributed by atoms with van der Waals surface area (Å²) in [7, 11) is -3.51. The number of nitrogens with two attached hydrogens (primary N) is 1. The van der Waals surface area contributed by atoms with Crippen LogP contribution in [-0.2, 0) is 14.8 Å². The molecule has 1 fully saturated rings. The van der Waals surface area contributed by atoms with Crippen LogP contribution >= 0.6 is 12.2 Å². The Bertz CT molecular complexity index is 351. The van der Waals surface area contributed by atoms with Gasteiger partial charge in [-0.15, -0.1) is 0 Å². The Balaban J connectivity index is 2.71. The minimum Gasteiger partial charge on any atom is -0.392 e. The van der Waals surface area contributed by atoms with Gasteiger partial charge >= 0.3 is 0 Å². The third kappa shape index (κ3) is 2.89. The van der Waals surface area contributed by atoms with Gasteiger partial charge in [-0.3, -0.25) is 4.79 Å². The first-order valence-electron chi connectivity index (χ1n) is 3.94. The van der Waals surface area contributed by atoms with Crippen LogP contribution in [0.25, 0.3) is 0 Å². The van der Waals surface area contributed by atoms with Gasteiger partial charge in [0.05, 0.1) is 11.5 Å². The van der Waals surface area contributed by atoms with E-state index in [0.717, 1.165) is 4.31 Å². The second-order valence-corrected chi connectivity index (χ2v) is 5.40. The summed E-state index contributed by atoms with van der Waals surface area (Å²) in [5.41, 5.74) is 5.14. The van der Waals surface area contributed by atoms with Gasteiger partial charge in [-0.2, -0.15) is 4.31 Å². The van der Waals surface area contributed by atoms with Crippen LogP contribution in [0.5, 0.6) is 0 Å². The summed E-state index contributed by atoms with van der Waals surface area (Å²) < 4.78 is 24.1. The van der Waals surface area contributed by atoms with Crippen molar-refractivity contribution in [3.05, 3.63) is 0 Å². The number of sulfonamides is 1. The van der Waals surface area contributed by atoms with Crippen molar-refractivity contribution in [3.8, 4) is 0 Å². The molecule has 80 valence electrons. The topological polar surface area (TPSA) is 92.5 Å². The Kier molecular flexibility index (Phi) is 3.40. The van der Waals surface area contributed by atoms with E-state index in [1.165, 1.54) is 0 Å². The van der Waals surface area contributed by atoms with Gasteiger partial charge in [0.25, 0.3) is 0 Å². The molecule has 0 aliphatic carbocycles. The van der Waals surface area contributed by atoms with Crippen molar-refractivity contribution in [1.82, 2.24) is 9.62 Å². The molecular formula is C6H11N3O3S2. The summed E-state index contributed by atoms with van der Waals surface area (Å²) in [5.74, 6) is -0.682. The van der Waals surface area contributed by atoms with Gasteiger partial charge in [-0.25, -0.2) is 8.42 Å². The molecule has 1 saturated heterocycles. The Hall–Kier alpha value is -0.730. The highest BCUT2D eigenvalue weighted by Crippen LogP contribution is 2.03. The number of hydrogen-bond acceptors (Lipinski definition) is 4. The van der Waals surface area contributed by atoms with Crippen molar-refractivity contribution < 1.29 is 13.2 Å². The maximum atomic E-state index is 11.5. The highest BCUT2D eigenvalue weighted by atomic mass is 32.2. The summed E-state index contributed by atoms with van der Waals surface area (Å²) in [6.45, 7) is 0.455. The molecule has 0 radical (unpaired) electrons. The SMILES string of the molecule is NC(=S)CS(=O)(=O)N1CCNC(=O)C1. The van der Waals surface area contributed by atoms with E-state index < -0.39 is 10.0 Å². The summed E-state index contributed by atoms with van der Waals surface area (Å²) in [6.07, 6.45) is 0. The maximum Gasteiger partial charge on any atom is 0.235 e. The Morgan fingerprint density at radius 2 is 2.29 bits per heavy atom. The molecule has 1 aliphatic heterocycles. The minimum atomic E-state index is -3.51. The Morgan fingerprint density at radius 1 is 1.64 bits per heavy atom. The molecule has 1 heterocycles. The van der Waals surface area contributed by atoms with Crippen LogP contribution < -0.4 is 11.1 Å². The first kappa shape index (κ1) is 11.3. The van der Waals surface area contributed by atoms with E-state index in [0.29, 0.717) is 6.54 Å². The van der Waals surface area contributed by atoms with Crippen LogP contribution in [0.15, 0.2) is 0 Å². The zero-order valence-corrected chi connectivity index (χ0v) is 9.03. The lowest BCUT2D eigenvalue weighted by molar-refractivity contribution is -0.122. The number of piperazine rings is 1. The Morgan fingerprint density at radius 3 is 2.79 bits per heavy atom. The van der Waals surface area contributed by atoms with Crippen LogP contribution in [0.3, 0.4) is 0 Å². The predicted molar refractivity (Wildman–Crippen MR) is 55.2 cm³/mol. The average molecular weight is 237 g/mol. The van der Waals surface area contributed by atoms with Crippen molar-refractivity contribution in [2.75, 3.05) is 25.4 Å². The summed E-state index contributed by atoms with van der Waals surface area (Å²) in [5, 5.41) is 2.53. The number of carbonyl (C=O) groups is 1. The average Bonchev–Trinajstić information content (AvgIpc) is 2.01. The van der Waals surface area contributed by atoms with Gasteiger partial charge in [-0.1, -0.05) is 12.2 Å². The summed E-state index contributed by atoms with van der Waals surface area (Å²) in [6, 6.07) is 0. The van der Waals surface area contributed by atoms with Crippen LogP contribution in [0.1, 0.15) is 0 Å². The van der Waals surface area contributed by atoms with E-state index >= 15 is 0 Å². The van der Waals surface area contributed by atoms with Gasteiger partial charge in [0.2, 0.25) is 15.9 Å². The van der Waals surface area contributed by atoms with Crippen LogP contribution in [-0.4, -0.2) is 49.0 Å². The molecule has 0 saturated carbocycles. The molecule has 0 aromatic heterocycles.